The molecule has 2 rings (SSSR count). The molecule has 76 valence electrons. The highest BCUT2D eigenvalue weighted by Gasteiger charge is 2.18. The smallest absolute Gasteiger partial charge is 0.122 e. The second-order valence-electron chi connectivity index (χ2n) is 3.63. The van der Waals surface area contributed by atoms with Gasteiger partial charge in [-0.15, -0.1) is 0 Å². The molecule has 0 aliphatic carbocycles. The van der Waals surface area contributed by atoms with E-state index in [0.29, 0.717) is 5.92 Å². The molecule has 0 spiro atoms. The summed E-state index contributed by atoms with van der Waals surface area (Å²) in [4.78, 5) is 0. The molecule has 1 heterocycles. The SMILES string of the molecule is Oc1ccc(C2CCSCC2)c(O)c1. The average Bonchev–Trinajstić information content (AvgIpc) is 2.19. The van der Waals surface area contributed by atoms with Crippen molar-refractivity contribution in [3.63, 3.8) is 0 Å². The van der Waals surface area contributed by atoms with E-state index < -0.39 is 0 Å². The lowest BCUT2D eigenvalue weighted by Crippen LogP contribution is -2.07. The van der Waals surface area contributed by atoms with Crippen molar-refractivity contribution in [2.45, 2.75) is 18.8 Å². The Balaban J connectivity index is 2.22. The maximum Gasteiger partial charge on any atom is 0.122 e. The topological polar surface area (TPSA) is 40.5 Å². The Morgan fingerprint density at radius 2 is 1.86 bits per heavy atom. The van der Waals surface area contributed by atoms with Crippen LogP contribution in [0.15, 0.2) is 18.2 Å². The molecule has 1 aliphatic heterocycles. The predicted octanol–water partition coefficient (Wildman–Crippen LogP) is 2.71. The summed E-state index contributed by atoms with van der Waals surface area (Å²) in [5, 5.41) is 18.8. The maximum atomic E-state index is 9.68. The Kier molecular flexibility index (Phi) is 2.87. The Hall–Kier alpha value is -0.830. The van der Waals surface area contributed by atoms with E-state index in [1.165, 1.54) is 17.6 Å². The van der Waals surface area contributed by atoms with Gasteiger partial charge in [-0.2, -0.15) is 11.8 Å². The van der Waals surface area contributed by atoms with Crippen LogP contribution < -0.4 is 0 Å². The Bertz CT molecular complexity index is 319. The number of hydrogen-bond donors (Lipinski definition) is 2. The van der Waals surface area contributed by atoms with E-state index >= 15 is 0 Å². The molecule has 1 fully saturated rings. The van der Waals surface area contributed by atoms with Crippen molar-refractivity contribution >= 4 is 11.8 Å². The fourth-order valence-corrected chi connectivity index (χ4v) is 2.99. The largest absolute Gasteiger partial charge is 0.508 e. The third kappa shape index (κ3) is 1.98. The van der Waals surface area contributed by atoms with Gasteiger partial charge >= 0.3 is 0 Å². The van der Waals surface area contributed by atoms with Crippen LogP contribution in [0.3, 0.4) is 0 Å². The van der Waals surface area contributed by atoms with Crippen molar-refractivity contribution in [2.75, 3.05) is 11.5 Å². The zero-order chi connectivity index (χ0) is 9.97. The van der Waals surface area contributed by atoms with E-state index in [1.54, 1.807) is 6.07 Å². The minimum atomic E-state index is 0.136. The lowest BCUT2D eigenvalue weighted by Gasteiger charge is -2.22. The van der Waals surface area contributed by atoms with Gasteiger partial charge in [0.25, 0.3) is 0 Å². The molecule has 0 radical (unpaired) electrons. The number of benzene rings is 1. The molecule has 0 saturated carbocycles. The summed E-state index contributed by atoms with van der Waals surface area (Å²) in [6.45, 7) is 0. The van der Waals surface area contributed by atoms with Gasteiger partial charge in [-0.05, 0) is 41.9 Å². The Morgan fingerprint density at radius 1 is 1.14 bits per heavy atom. The van der Waals surface area contributed by atoms with Crippen LogP contribution in [0, 0.1) is 0 Å². The summed E-state index contributed by atoms with van der Waals surface area (Å²) in [6.07, 6.45) is 2.26. The van der Waals surface area contributed by atoms with Crippen LogP contribution in [0.5, 0.6) is 11.5 Å². The zero-order valence-electron chi connectivity index (χ0n) is 7.94. The first-order valence-corrected chi connectivity index (χ1v) is 6.02. The molecule has 0 aromatic heterocycles. The first-order valence-electron chi connectivity index (χ1n) is 4.87. The van der Waals surface area contributed by atoms with Crippen LogP contribution >= 0.6 is 11.8 Å². The Labute approximate surface area is 88.0 Å². The van der Waals surface area contributed by atoms with E-state index in [4.69, 9.17) is 0 Å². The van der Waals surface area contributed by atoms with Crippen LogP contribution in [0.2, 0.25) is 0 Å². The van der Waals surface area contributed by atoms with Gasteiger partial charge in [0, 0.05) is 6.07 Å². The highest BCUT2D eigenvalue weighted by Crippen LogP contribution is 2.37. The summed E-state index contributed by atoms with van der Waals surface area (Å²) < 4.78 is 0. The van der Waals surface area contributed by atoms with E-state index in [-0.39, 0.29) is 11.5 Å². The number of hydrogen-bond acceptors (Lipinski definition) is 3. The molecule has 0 amide bonds. The molecule has 0 bridgehead atoms. The summed E-state index contributed by atoms with van der Waals surface area (Å²) in [5.41, 5.74) is 0.989. The molecule has 1 aliphatic rings. The van der Waals surface area contributed by atoms with E-state index in [0.717, 1.165) is 18.4 Å². The van der Waals surface area contributed by atoms with Gasteiger partial charge in [0.05, 0.1) is 0 Å². The van der Waals surface area contributed by atoms with Gasteiger partial charge in [-0.1, -0.05) is 6.07 Å². The minimum absolute atomic E-state index is 0.136. The number of rotatable bonds is 1. The van der Waals surface area contributed by atoms with Crippen LogP contribution in [-0.2, 0) is 0 Å². The molecule has 1 saturated heterocycles. The quantitative estimate of drug-likeness (QED) is 0.748. The van der Waals surface area contributed by atoms with E-state index in [9.17, 15) is 10.2 Å². The van der Waals surface area contributed by atoms with E-state index in [1.807, 2.05) is 17.8 Å². The molecule has 1 aromatic rings. The molecule has 14 heavy (non-hydrogen) atoms. The van der Waals surface area contributed by atoms with Crippen molar-refractivity contribution in [1.82, 2.24) is 0 Å². The molecule has 0 atom stereocenters. The van der Waals surface area contributed by atoms with Gasteiger partial charge in [-0.3, -0.25) is 0 Å². The molecule has 3 heteroatoms. The van der Waals surface area contributed by atoms with Gasteiger partial charge in [0.1, 0.15) is 11.5 Å². The summed E-state index contributed by atoms with van der Waals surface area (Å²) in [5.74, 6) is 3.19. The first-order chi connectivity index (χ1) is 6.77. The highest BCUT2D eigenvalue weighted by molar-refractivity contribution is 7.99. The van der Waals surface area contributed by atoms with Crippen LogP contribution in [0.4, 0.5) is 0 Å². The fraction of sp³-hybridized carbons (Fsp3) is 0.455. The molecular weight excluding hydrogens is 196 g/mol. The second kappa shape index (κ2) is 4.13. The number of phenols is 2. The number of thioether (sulfide) groups is 1. The molecule has 2 nitrogen and oxygen atoms in total. The number of phenolic OH excluding ortho intramolecular Hbond substituents is 2. The monoisotopic (exact) mass is 210 g/mol. The highest BCUT2D eigenvalue weighted by atomic mass is 32.2. The van der Waals surface area contributed by atoms with Gasteiger partial charge in [0.15, 0.2) is 0 Å². The minimum Gasteiger partial charge on any atom is -0.508 e. The van der Waals surface area contributed by atoms with E-state index in [2.05, 4.69) is 0 Å². The molecule has 1 aromatic carbocycles. The zero-order valence-corrected chi connectivity index (χ0v) is 8.76. The standard InChI is InChI=1S/C11H14O2S/c12-9-1-2-10(11(13)7-9)8-3-5-14-6-4-8/h1-2,7-8,12-13H,3-6H2. The number of aromatic hydroxyl groups is 2. The van der Waals surface area contributed by atoms with Crippen molar-refractivity contribution in [3.8, 4) is 11.5 Å². The second-order valence-corrected chi connectivity index (χ2v) is 4.85. The fourth-order valence-electron chi connectivity index (χ4n) is 1.89. The average molecular weight is 210 g/mol. The lowest BCUT2D eigenvalue weighted by molar-refractivity contribution is 0.439. The summed E-state index contributed by atoms with van der Waals surface area (Å²) >= 11 is 1.97. The third-order valence-electron chi connectivity index (χ3n) is 2.68. The van der Waals surface area contributed by atoms with Crippen molar-refractivity contribution < 1.29 is 10.2 Å². The summed E-state index contributed by atoms with van der Waals surface area (Å²) in [6, 6.07) is 4.92. The van der Waals surface area contributed by atoms with Crippen molar-refractivity contribution in [3.05, 3.63) is 23.8 Å². The normalized spacial score (nSPS) is 18.3. The molecule has 0 unspecified atom stereocenters. The first kappa shape index (κ1) is 9.71. The lowest BCUT2D eigenvalue weighted by atomic mass is 9.93. The van der Waals surface area contributed by atoms with Crippen molar-refractivity contribution in [1.29, 1.82) is 0 Å². The van der Waals surface area contributed by atoms with Crippen LogP contribution in [-0.4, -0.2) is 21.7 Å². The van der Waals surface area contributed by atoms with Crippen LogP contribution in [0.25, 0.3) is 0 Å². The Morgan fingerprint density at radius 3 is 2.50 bits per heavy atom. The predicted molar refractivity (Wildman–Crippen MR) is 59.1 cm³/mol. The van der Waals surface area contributed by atoms with Crippen LogP contribution in [0.1, 0.15) is 24.3 Å². The molecular formula is C11H14O2S. The van der Waals surface area contributed by atoms with Gasteiger partial charge in [-0.25, -0.2) is 0 Å². The van der Waals surface area contributed by atoms with Crippen molar-refractivity contribution in [2.24, 2.45) is 0 Å². The third-order valence-corrected chi connectivity index (χ3v) is 3.72. The maximum absolute atomic E-state index is 9.68. The van der Waals surface area contributed by atoms with Gasteiger partial charge in [0.2, 0.25) is 0 Å². The summed E-state index contributed by atoms with van der Waals surface area (Å²) in [7, 11) is 0. The van der Waals surface area contributed by atoms with Gasteiger partial charge < -0.3 is 10.2 Å². The molecule has 2 N–H and O–H groups in total.